The summed E-state index contributed by atoms with van der Waals surface area (Å²) < 4.78 is 2.44. The lowest BCUT2D eigenvalue weighted by atomic mass is 9.94. The van der Waals surface area contributed by atoms with Crippen molar-refractivity contribution in [2.75, 3.05) is 4.90 Å². The minimum atomic E-state index is 1.08. The van der Waals surface area contributed by atoms with Gasteiger partial charge in [0, 0.05) is 33.3 Å². The molecule has 1 heterocycles. The number of hydrogen-bond donors (Lipinski definition) is 0. The van der Waals surface area contributed by atoms with Crippen LogP contribution in [0, 0.1) is 0 Å². The lowest BCUT2D eigenvalue weighted by molar-refractivity contribution is 1.18. The van der Waals surface area contributed by atoms with Gasteiger partial charge in [-0.1, -0.05) is 188 Å². The van der Waals surface area contributed by atoms with Gasteiger partial charge in [-0.25, -0.2) is 0 Å². The van der Waals surface area contributed by atoms with Gasteiger partial charge in [0.05, 0.1) is 22.4 Å². The van der Waals surface area contributed by atoms with Gasteiger partial charge in [-0.3, -0.25) is 0 Å². The van der Waals surface area contributed by atoms with E-state index >= 15 is 0 Å². The molecule has 0 fully saturated rings. The molecule has 0 saturated carbocycles. The molecular weight excluding hydrogens is 725 g/mol. The standard InChI is InChI=1S/C58H40N2/c1-3-16-41(17-4-1)43-30-35-47(36-31-43)59(48-37-32-45(33-38-48)50-26-15-21-44-20-7-8-22-49(44)50)58-39-34-46(42-18-5-2-6-19-42)40-54(58)53-25-11-14-29-57(53)60-55-27-12-9-23-51(55)52-24-10-13-28-56(52)60/h1-40H. The lowest BCUT2D eigenvalue weighted by Crippen LogP contribution is -2.12. The van der Waals surface area contributed by atoms with E-state index in [1.165, 1.54) is 60.4 Å². The van der Waals surface area contributed by atoms with Crippen molar-refractivity contribution in [3.8, 4) is 50.2 Å². The van der Waals surface area contributed by atoms with Gasteiger partial charge in [0.1, 0.15) is 0 Å². The number of anilines is 3. The highest BCUT2D eigenvalue weighted by Crippen LogP contribution is 2.46. The number of para-hydroxylation sites is 3. The summed E-state index contributed by atoms with van der Waals surface area (Å²) in [4.78, 5) is 2.43. The Kier molecular flexibility index (Phi) is 8.87. The molecule has 0 amide bonds. The van der Waals surface area contributed by atoms with E-state index in [1.807, 2.05) is 0 Å². The minimum absolute atomic E-state index is 1.08. The van der Waals surface area contributed by atoms with Crippen LogP contribution in [0.15, 0.2) is 243 Å². The molecule has 11 rings (SSSR count). The smallest absolute Gasteiger partial charge is 0.0541 e. The van der Waals surface area contributed by atoms with Gasteiger partial charge in [0.25, 0.3) is 0 Å². The van der Waals surface area contributed by atoms with E-state index in [9.17, 15) is 0 Å². The minimum Gasteiger partial charge on any atom is -0.310 e. The van der Waals surface area contributed by atoms with Gasteiger partial charge in [-0.05, 0) is 98.8 Å². The third-order valence-electron chi connectivity index (χ3n) is 11.8. The first kappa shape index (κ1) is 35.2. The van der Waals surface area contributed by atoms with Crippen LogP contribution in [0.2, 0.25) is 0 Å². The van der Waals surface area contributed by atoms with E-state index in [4.69, 9.17) is 0 Å². The van der Waals surface area contributed by atoms with Crippen LogP contribution in [0.4, 0.5) is 17.1 Å². The summed E-state index contributed by atoms with van der Waals surface area (Å²) in [5.41, 5.74) is 16.2. The fraction of sp³-hybridized carbons (Fsp3) is 0. The Morgan fingerprint density at radius 2 is 0.750 bits per heavy atom. The molecule has 0 N–H and O–H groups in total. The van der Waals surface area contributed by atoms with Crippen LogP contribution in [0.25, 0.3) is 82.8 Å². The number of rotatable bonds is 8. The van der Waals surface area contributed by atoms with Gasteiger partial charge in [-0.2, -0.15) is 0 Å². The SMILES string of the molecule is c1ccc(-c2ccc(N(c3ccc(-c4cccc5ccccc45)cc3)c3ccc(-c4ccccc4)cc3-c3ccccc3-n3c4ccccc4c4ccccc43)cc2)cc1. The Bertz CT molecular complexity index is 3230. The third-order valence-corrected chi connectivity index (χ3v) is 11.8. The summed E-state index contributed by atoms with van der Waals surface area (Å²) in [6.07, 6.45) is 0. The Hall–Kier alpha value is -7.94. The summed E-state index contributed by atoms with van der Waals surface area (Å²) >= 11 is 0. The van der Waals surface area contributed by atoms with Crippen molar-refractivity contribution in [2.45, 2.75) is 0 Å². The Morgan fingerprint density at radius 3 is 1.42 bits per heavy atom. The van der Waals surface area contributed by atoms with Crippen molar-refractivity contribution < 1.29 is 0 Å². The maximum Gasteiger partial charge on any atom is 0.0541 e. The molecule has 2 nitrogen and oxygen atoms in total. The van der Waals surface area contributed by atoms with Crippen molar-refractivity contribution in [1.29, 1.82) is 0 Å². The van der Waals surface area contributed by atoms with E-state index in [-0.39, 0.29) is 0 Å². The van der Waals surface area contributed by atoms with Crippen molar-refractivity contribution in [3.05, 3.63) is 243 Å². The van der Waals surface area contributed by atoms with E-state index in [2.05, 4.69) is 252 Å². The normalized spacial score (nSPS) is 11.3. The zero-order valence-corrected chi connectivity index (χ0v) is 33.0. The summed E-state index contributed by atoms with van der Waals surface area (Å²) in [6.45, 7) is 0. The summed E-state index contributed by atoms with van der Waals surface area (Å²) in [5, 5.41) is 4.98. The summed E-state index contributed by atoms with van der Waals surface area (Å²) in [7, 11) is 0. The second kappa shape index (κ2) is 15.1. The van der Waals surface area contributed by atoms with Crippen LogP contribution in [0.3, 0.4) is 0 Å². The second-order valence-electron chi connectivity index (χ2n) is 15.3. The van der Waals surface area contributed by atoms with E-state index in [1.54, 1.807) is 0 Å². The molecule has 0 radical (unpaired) electrons. The van der Waals surface area contributed by atoms with Crippen molar-refractivity contribution in [2.24, 2.45) is 0 Å². The highest BCUT2D eigenvalue weighted by Gasteiger charge is 2.22. The highest BCUT2D eigenvalue weighted by atomic mass is 15.1. The number of aromatic nitrogens is 1. The van der Waals surface area contributed by atoms with Gasteiger partial charge in [0.2, 0.25) is 0 Å². The average molecular weight is 765 g/mol. The van der Waals surface area contributed by atoms with Crippen LogP contribution < -0.4 is 4.90 Å². The molecule has 0 saturated heterocycles. The van der Waals surface area contributed by atoms with Crippen molar-refractivity contribution in [1.82, 2.24) is 4.57 Å². The Labute approximate surface area is 350 Å². The van der Waals surface area contributed by atoms with Crippen LogP contribution >= 0.6 is 0 Å². The molecule has 0 unspecified atom stereocenters. The quantitative estimate of drug-likeness (QED) is 0.150. The zero-order chi connectivity index (χ0) is 39.8. The van der Waals surface area contributed by atoms with Crippen molar-refractivity contribution in [3.63, 3.8) is 0 Å². The second-order valence-corrected chi connectivity index (χ2v) is 15.3. The van der Waals surface area contributed by atoms with Gasteiger partial charge >= 0.3 is 0 Å². The average Bonchev–Trinajstić information content (AvgIpc) is 3.67. The first-order valence-electron chi connectivity index (χ1n) is 20.6. The molecule has 0 aliphatic carbocycles. The molecule has 0 aliphatic heterocycles. The molecule has 0 spiro atoms. The molecule has 282 valence electrons. The fourth-order valence-corrected chi connectivity index (χ4v) is 8.96. The van der Waals surface area contributed by atoms with Gasteiger partial charge in [-0.15, -0.1) is 0 Å². The number of hydrogen-bond acceptors (Lipinski definition) is 1. The van der Waals surface area contributed by atoms with E-state index in [0.29, 0.717) is 0 Å². The third kappa shape index (κ3) is 6.23. The number of benzene rings is 10. The Balaban J connectivity index is 1.15. The lowest BCUT2D eigenvalue weighted by Gasteiger charge is -2.29. The molecular formula is C58H40N2. The molecule has 0 aliphatic rings. The fourth-order valence-electron chi connectivity index (χ4n) is 8.96. The molecule has 0 bridgehead atoms. The summed E-state index contributed by atoms with van der Waals surface area (Å²) in [5.74, 6) is 0. The number of nitrogens with zero attached hydrogens (tertiary/aromatic N) is 2. The first-order chi connectivity index (χ1) is 29.8. The van der Waals surface area contributed by atoms with Crippen LogP contribution in [0.5, 0.6) is 0 Å². The predicted molar refractivity (Wildman–Crippen MR) is 255 cm³/mol. The molecule has 0 atom stereocenters. The molecule has 11 aromatic rings. The van der Waals surface area contributed by atoms with Crippen LogP contribution in [-0.4, -0.2) is 4.57 Å². The molecule has 1 aromatic heterocycles. The topological polar surface area (TPSA) is 8.17 Å². The summed E-state index contributed by atoms with van der Waals surface area (Å²) in [6, 6.07) is 88.0. The number of fused-ring (bicyclic) bond motifs is 4. The maximum atomic E-state index is 2.44. The first-order valence-corrected chi connectivity index (χ1v) is 20.6. The highest BCUT2D eigenvalue weighted by molar-refractivity contribution is 6.10. The van der Waals surface area contributed by atoms with Crippen LogP contribution in [-0.2, 0) is 0 Å². The molecule has 10 aromatic carbocycles. The Morgan fingerprint density at radius 1 is 0.283 bits per heavy atom. The van der Waals surface area contributed by atoms with E-state index in [0.717, 1.165) is 39.4 Å². The monoisotopic (exact) mass is 764 g/mol. The van der Waals surface area contributed by atoms with Gasteiger partial charge in [0.15, 0.2) is 0 Å². The van der Waals surface area contributed by atoms with Gasteiger partial charge < -0.3 is 9.47 Å². The molecule has 60 heavy (non-hydrogen) atoms. The maximum absolute atomic E-state index is 2.44. The van der Waals surface area contributed by atoms with Crippen LogP contribution in [0.1, 0.15) is 0 Å². The predicted octanol–water partition coefficient (Wildman–Crippen LogP) is 16.1. The zero-order valence-electron chi connectivity index (χ0n) is 33.0. The van der Waals surface area contributed by atoms with E-state index < -0.39 is 0 Å². The van der Waals surface area contributed by atoms with Crippen molar-refractivity contribution >= 4 is 49.6 Å². The largest absolute Gasteiger partial charge is 0.310 e. The molecule has 2 heteroatoms.